The van der Waals surface area contributed by atoms with Crippen molar-refractivity contribution >= 4 is 12.2 Å². The molecule has 0 aliphatic heterocycles. The Morgan fingerprint density at radius 2 is 1.50 bits per heavy atom. The van der Waals surface area contributed by atoms with Gasteiger partial charge in [-0.05, 0) is 17.7 Å². The van der Waals surface area contributed by atoms with Crippen LogP contribution in [0, 0.1) is 0 Å². The number of imidazole rings is 1. The van der Waals surface area contributed by atoms with E-state index in [4.69, 9.17) is 0 Å². The minimum absolute atomic E-state index is 0. The fourth-order valence-corrected chi connectivity index (χ4v) is 2.56. The Balaban J connectivity index is 0.00000243. The molecule has 3 rings (SSSR count). The lowest BCUT2D eigenvalue weighted by Crippen LogP contribution is -2.46. The van der Waals surface area contributed by atoms with E-state index in [1.807, 2.05) is 51.1 Å². The maximum absolute atomic E-state index is 12.4. The van der Waals surface area contributed by atoms with Crippen LogP contribution < -0.4 is 21.8 Å². The molecular weight excluding hydrogens is 328 g/mol. The molecular formula is C20H24N4O2. The zero-order valence-electron chi connectivity index (χ0n) is 14.4. The monoisotopic (exact) mass is 352 g/mol. The Bertz CT molecular complexity index is 1110. The molecule has 0 fully saturated rings. The van der Waals surface area contributed by atoms with Gasteiger partial charge in [0.15, 0.2) is 0 Å². The molecule has 0 radical (unpaired) electrons. The summed E-state index contributed by atoms with van der Waals surface area (Å²) in [6.45, 7) is 6.13. The lowest BCUT2D eigenvalue weighted by Gasteiger charge is -2.16. The number of aromatic nitrogens is 4. The highest BCUT2D eigenvalue weighted by atomic mass is 16.1. The van der Waals surface area contributed by atoms with E-state index in [0.717, 1.165) is 11.3 Å². The molecule has 3 N–H and O–H groups in total. The summed E-state index contributed by atoms with van der Waals surface area (Å²) >= 11 is 0. The van der Waals surface area contributed by atoms with Crippen LogP contribution in [0.3, 0.4) is 0 Å². The van der Waals surface area contributed by atoms with Crippen LogP contribution in [0.2, 0.25) is 0 Å². The zero-order chi connectivity index (χ0) is 18.0. The fraction of sp³-hybridized carbons (Fsp3) is 0.250. The SMILES string of the molecule is C.CC(C)(C)c1[nH]cnc1/C=c1\[nH]c(=O)/c(=C/c2ccccc2)[nH]c1=O. The Labute approximate surface area is 151 Å². The highest BCUT2D eigenvalue weighted by Crippen LogP contribution is 2.22. The summed E-state index contributed by atoms with van der Waals surface area (Å²) in [5.41, 5.74) is 1.48. The maximum Gasteiger partial charge on any atom is 0.272 e. The van der Waals surface area contributed by atoms with Crippen LogP contribution in [0.1, 0.15) is 45.1 Å². The minimum atomic E-state index is -0.371. The average Bonchev–Trinajstić information content (AvgIpc) is 3.02. The topological polar surface area (TPSA) is 94.4 Å². The lowest BCUT2D eigenvalue weighted by atomic mass is 9.90. The molecule has 2 heterocycles. The molecule has 6 nitrogen and oxygen atoms in total. The standard InChI is InChI=1S/C19H20N4O2.CH4/c1-19(2,3)16-13(20-11-21-16)10-15-18(25)22-14(17(24)23-15)9-12-7-5-4-6-8-12;/h4-11H,1-3H3,(H,20,21)(H,22,25)(H,23,24);1H4/b14-9-,15-10-;. The molecule has 26 heavy (non-hydrogen) atoms. The first-order valence-electron chi connectivity index (χ1n) is 7.99. The molecule has 1 aromatic carbocycles. The molecule has 0 amide bonds. The first-order chi connectivity index (χ1) is 11.8. The third kappa shape index (κ3) is 4.08. The van der Waals surface area contributed by atoms with E-state index in [9.17, 15) is 9.59 Å². The van der Waals surface area contributed by atoms with Gasteiger partial charge in [-0.15, -0.1) is 0 Å². The van der Waals surface area contributed by atoms with Crippen LogP contribution >= 0.6 is 0 Å². The van der Waals surface area contributed by atoms with E-state index >= 15 is 0 Å². The van der Waals surface area contributed by atoms with Gasteiger partial charge in [0.25, 0.3) is 11.1 Å². The second kappa shape index (κ2) is 7.39. The predicted octanol–water partition coefficient (Wildman–Crippen LogP) is 1.38. The Morgan fingerprint density at radius 1 is 0.923 bits per heavy atom. The Kier molecular flexibility index (Phi) is 5.45. The molecule has 0 spiro atoms. The van der Waals surface area contributed by atoms with Gasteiger partial charge in [-0.1, -0.05) is 58.5 Å². The molecule has 0 bridgehead atoms. The van der Waals surface area contributed by atoms with Crippen molar-refractivity contribution < 1.29 is 0 Å². The summed E-state index contributed by atoms with van der Waals surface area (Å²) < 4.78 is 0. The van der Waals surface area contributed by atoms with Crippen LogP contribution in [0.15, 0.2) is 46.2 Å². The highest BCUT2D eigenvalue weighted by molar-refractivity contribution is 5.49. The van der Waals surface area contributed by atoms with Crippen LogP contribution in [0.25, 0.3) is 12.2 Å². The van der Waals surface area contributed by atoms with Crippen molar-refractivity contribution in [2.45, 2.75) is 33.6 Å². The lowest BCUT2D eigenvalue weighted by molar-refractivity contribution is 0.571. The number of nitrogens with one attached hydrogen (secondary N) is 3. The zero-order valence-corrected chi connectivity index (χ0v) is 14.4. The summed E-state index contributed by atoms with van der Waals surface area (Å²) in [7, 11) is 0. The third-order valence-electron chi connectivity index (χ3n) is 3.80. The van der Waals surface area contributed by atoms with E-state index < -0.39 is 0 Å². The third-order valence-corrected chi connectivity index (χ3v) is 3.80. The van der Waals surface area contributed by atoms with E-state index in [1.54, 1.807) is 18.5 Å². The molecule has 2 aromatic heterocycles. The van der Waals surface area contributed by atoms with Gasteiger partial charge in [0.05, 0.1) is 12.0 Å². The van der Waals surface area contributed by atoms with Gasteiger partial charge in [0, 0.05) is 11.1 Å². The second-order valence-electron chi connectivity index (χ2n) is 6.85. The van der Waals surface area contributed by atoms with E-state index in [1.165, 1.54) is 0 Å². The molecule has 136 valence electrons. The first kappa shape index (κ1) is 19.2. The smallest absolute Gasteiger partial charge is 0.272 e. The van der Waals surface area contributed by atoms with Crippen LogP contribution in [-0.4, -0.2) is 19.9 Å². The fourth-order valence-electron chi connectivity index (χ4n) is 2.56. The van der Waals surface area contributed by atoms with Crippen molar-refractivity contribution in [3.63, 3.8) is 0 Å². The van der Waals surface area contributed by atoms with Gasteiger partial charge in [-0.3, -0.25) is 9.59 Å². The molecule has 0 atom stereocenters. The number of hydrogen-bond donors (Lipinski definition) is 3. The van der Waals surface area contributed by atoms with Gasteiger partial charge >= 0.3 is 0 Å². The number of nitrogens with zero attached hydrogens (tertiary/aromatic N) is 1. The van der Waals surface area contributed by atoms with Crippen molar-refractivity contribution in [1.29, 1.82) is 0 Å². The number of H-pyrrole nitrogens is 3. The normalized spacial score (nSPS) is 12.9. The summed E-state index contributed by atoms with van der Waals surface area (Å²) in [4.78, 5) is 37.3. The largest absolute Gasteiger partial charge is 0.348 e. The molecule has 0 aliphatic rings. The van der Waals surface area contributed by atoms with Gasteiger partial charge in [-0.2, -0.15) is 0 Å². The quantitative estimate of drug-likeness (QED) is 0.650. The van der Waals surface area contributed by atoms with Crippen LogP contribution in [-0.2, 0) is 5.41 Å². The van der Waals surface area contributed by atoms with Gasteiger partial charge in [0.1, 0.15) is 10.7 Å². The number of rotatable bonds is 2. The molecule has 0 saturated carbocycles. The minimum Gasteiger partial charge on any atom is -0.348 e. The van der Waals surface area contributed by atoms with Crippen LogP contribution in [0.5, 0.6) is 0 Å². The van der Waals surface area contributed by atoms with Crippen molar-refractivity contribution in [2.75, 3.05) is 0 Å². The molecule has 3 aromatic rings. The molecule has 0 saturated heterocycles. The Hall–Kier alpha value is -3.15. The summed E-state index contributed by atoms with van der Waals surface area (Å²) in [6.07, 6.45) is 4.80. The van der Waals surface area contributed by atoms with Crippen molar-refractivity contribution in [1.82, 2.24) is 19.9 Å². The predicted molar refractivity (Wildman–Crippen MR) is 105 cm³/mol. The van der Waals surface area contributed by atoms with E-state index in [0.29, 0.717) is 5.69 Å². The van der Waals surface area contributed by atoms with Crippen molar-refractivity contribution in [3.8, 4) is 0 Å². The molecule has 0 aliphatic carbocycles. The summed E-state index contributed by atoms with van der Waals surface area (Å²) in [6, 6.07) is 9.34. The first-order valence-corrected chi connectivity index (χ1v) is 7.99. The Morgan fingerprint density at radius 3 is 2.08 bits per heavy atom. The number of hydrogen-bond acceptors (Lipinski definition) is 3. The highest BCUT2D eigenvalue weighted by Gasteiger charge is 2.19. The summed E-state index contributed by atoms with van der Waals surface area (Å²) in [5, 5.41) is 0.388. The van der Waals surface area contributed by atoms with Gasteiger partial charge < -0.3 is 15.0 Å². The summed E-state index contributed by atoms with van der Waals surface area (Å²) in [5.74, 6) is 0. The van der Waals surface area contributed by atoms with Crippen LogP contribution in [0.4, 0.5) is 0 Å². The molecule has 0 unspecified atom stereocenters. The number of benzene rings is 1. The average molecular weight is 352 g/mol. The molecule has 6 heteroatoms. The van der Waals surface area contributed by atoms with Gasteiger partial charge in [-0.25, -0.2) is 4.98 Å². The van der Waals surface area contributed by atoms with E-state index in [-0.39, 0.29) is 34.7 Å². The second-order valence-corrected chi connectivity index (χ2v) is 6.85. The van der Waals surface area contributed by atoms with Crippen molar-refractivity contribution in [3.05, 3.63) is 85.0 Å². The maximum atomic E-state index is 12.4. The number of aromatic amines is 3. The van der Waals surface area contributed by atoms with Crippen molar-refractivity contribution in [2.24, 2.45) is 0 Å². The van der Waals surface area contributed by atoms with Gasteiger partial charge in [0.2, 0.25) is 0 Å². The van der Waals surface area contributed by atoms with E-state index in [2.05, 4.69) is 19.9 Å².